The van der Waals surface area contributed by atoms with Crippen molar-refractivity contribution in [2.24, 2.45) is 0 Å². The molecule has 30 heavy (non-hydrogen) atoms. The zero-order valence-corrected chi connectivity index (χ0v) is 16.9. The van der Waals surface area contributed by atoms with Crippen molar-refractivity contribution in [1.82, 2.24) is 10.2 Å². The maximum absolute atomic E-state index is 13.0. The molecule has 5 rings (SSSR count). The van der Waals surface area contributed by atoms with Gasteiger partial charge in [-0.15, -0.1) is 0 Å². The molecular weight excluding hydrogens is 376 g/mol. The van der Waals surface area contributed by atoms with Crippen LogP contribution in [0.4, 0.5) is 0 Å². The van der Waals surface area contributed by atoms with Crippen molar-refractivity contribution < 1.29 is 14.3 Å². The van der Waals surface area contributed by atoms with Crippen LogP contribution in [0.1, 0.15) is 28.3 Å². The average Bonchev–Trinajstić information content (AvgIpc) is 2.78. The number of rotatable bonds is 4. The SMILES string of the molecule is COc1cccc2c1CN(CC(=O)NC1c3ccccc3Oc3ccccc31)CC2. The topological polar surface area (TPSA) is 50.8 Å². The van der Waals surface area contributed by atoms with Crippen LogP contribution in [-0.4, -0.2) is 31.0 Å². The molecule has 5 nitrogen and oxygen atoms in total. The minimum absolute atomic E-state index is 0.00449. The molecular formula is C25H24N2O3. The number of carbonyl (C=O) groups is 1. The number of hydrogen-bond donors (Lipinski definition) is 1. The first kappa shape index (κ1) is 18.7. The third-order valence-corrected chi connectivity index (χ3v) is 5.88. The Morgan fingerprint density at radius 1 is 1.03 bits per heavy atom. The summed E-state index contributed by atoms with van der Waals surface area (Å²) in [5.41, 5.74) is 4.45. The van der Waals surface area contributed by atoms with E-state index in [1.54, 1.807) is 7.11 Å². The van der Waals surface area contributed by atoms with E-state index in [1.165, 1.54) is 11.1 Å². The Bertz CT molecular complexity index is 1040. The lowest BCUT2D eigenvalue weighted by molar-refractivity contribution is -0.123. The van der Waals surface area contributed by atoms with Crippen LogP contribution in [0.2, 0.25) is 0 Å². The molecule has 2 aliphatic rings. The van der Waals surface area contributed by atoms with Gasteiger partial charge in [0.2, 0.25) is 5.91 Å². The fraction of sp³-hybridized carbons (Fsp3) is 0.240. The fourth-order valence-electron chi connectivity index (χ4n) is 4.41. The van der Waals surface area contributed by atoms with Gasteiger partial charge >= 0.3 is 0 Å². The minimum Gasteiger partial charge on any atom is -0.496 e. The van der Waals surface area contributed by atoms with Gasteiger partial charge in [0.05, 0.1) is 19.7 Å². The molecule has 0 saturated carbocycles. The zero-order chi connectivity index (χ0) is 20.5. The van der Waals surface area contributed by atoms with E-state index >= 15 is 0 Å². The van der Waals surface area contributed by atoms with Crippen LogP contribution in [0.5, 0.6) is 17.2 Å². The van der Waals surface area contributed by atoms with Crippen molar-refractivity contribution >= 4 is 5.91 Å². The molecule has 1 N–H and O–H groups in total. The molecule has 0 aliphatic carbocycles. The van der Waals surface area contributed by atoms with Gasteiger partial charge in [0.1, 0.15) is 17.2 Å². The second kappa shape index (κ2) is 7.84. The molecule has 1 amide bonds. The Hall–Kier alpha value is -3.31. The van der Waals surface area contributed by atoms with E-state index in [4.69, 9.17) is 9.47 Å². The molecule has 0 unspecified atom stereocenters. The van der Waals surface area contributed by atoms with E-state index in [2.05, 4.69) is 16.3 Å². The minimum atomic E-state index is -0.217. The van der Waals surface area contributed by atoms with Crippen LogP contribution in [0.3, 0.4) is 0 Å². The number of carbonyl (C=O) groups excluding carboxylic acids is 1. The van der Waals surface area contributed by atoms with Crippen LogP contribution in [0.25, 0.3) is 0 Å². The van der Waals surface area contributed by atoms with E-state index in [0.29, 0.717) is 13.1 Å². The van der Waals surface area contributed by atoms with Crippen LogP contribution in [0.15, 0.2) is 66.7 Å². The first-order valence-electron chi connectivity index (χ1n) is 10.2. The highest BCUT2D eigenvalue weighted by Gasteiger charge is 2.29. The summed E-state index contributed by atoms with van der Waals surface area (Å²) in [4.78, 5) is 15.2. The van der Waals surface area contributed by atoms with E-state index in [-0.39, 0.29) is 11.9 Å². The Morgan fingerprint density at radius 3 is 2.43 bits per heavy atom. The lowest BCUT2D eigenvalue weighted by atomic mass is 9.94. The van der Waals surface area contributed by atoms with Crippen LogP contribution in [0, 0.1) is 0 Å². The summed E-state index contributed by atoms with van der Waals surface area (Å²) in [6.45, 7) is 1.92. The first-order valence-corrected chi connectivity index (χ1v) is 10.2. The smallest absolute Gasteiger partial charge is 0.234 e. The molecule has 0 radical (unpaired) electrons. The van der Waals surface area contributed by atoms with Crippen molar-refractivity contribution in [2.75, 3.05) is 20.2 Å². The number of amides is 1. The van der Waals surface area contributed by atoms with Gasteiger partial charge in [-0.2, -0.15) is 0 Å². The Kier molecular flexibility index (Phi) is 4.89. The van der Waals surface area contributed by atoms with E-state index in [0.717, 1.165) is 41.3 Å². The van der Waals surface area contributed by atoms with E-state index < -0.39 is 0 Å². The predicted octanol–water partition coefficient (Wildman–Crippen LogP) is 4.06. The molecule has 2 aliphatic heterocycles. The third-order valence-electron chi connectivity index (χ3n) is 5.88. The third kappa shape index (κ3) is 3.42. The van der Waals surface area contributed by atoms with Gasteiger partial charge in [0.25, 0.3) is 0 Å². The molecule has 0 saturated heterocycles. The van der Waals surface area contributed by atoms with Gasteiger partial charge in [-0.3, -0.25) is 9.69 Å². The molecule has 152 valence electrons. The maximum atomic E-state index is 13.0. The number of fused-ring (bicyclic) bond motifs is 3. The summed E-state index contributed by atoms with van der Waals surface area (Å²) < 4.78 is 11.6. The van der Waals surface area contributed by atoms with Crippen LogP contribution >= 0.6 is 0 Å². The standard InChI is InChI=1S/C25H24N2O3/c1-29-21-12-6-7-17-13-14-27(15-20(17)21)16-24(28)26-25-18-8-2-4-10-22(18)30-23-11-5-3-9-19(23)25/h2-12,25H,13-16H2,1H3,(H,26,28). The van der Waals surface area contributed by atoms with Crippen molar-refractivity contribution in [3.8, 4) is 17.2 Å². The number of ether oxygens (including phenoxy) is 2. The largest absolute Gasteiger partial charge is 0.496 e. The van der Waals surface area contributed by atoms with Gasteiger partial charge in [0.15, 0.2) is 0 Å². The number of hydrogen-bond acceptors (Lipinski definition) is 4. The lowest BCUT2D eigenvalue weighted by Crippen LogP contribution is -2.41. The maximum Gasteiger partial charge on any atom is 0.234 e. The zero-order valence-electron chi connectivity index (χ0n) is 16.9. The number of methoxy groups -OCH3 is 1. The lowest BCUT2D eigenvalue weighted by Gasteiger charge is -2.31. The summed E-state index contributed by atoms with van der Waals surface area (Å²) in [7, 11) is 1.70. The highest BCUT2D eigenvalue weighted by molar-refractivity contribution is 5.79. The van der Waals surface area contributed by atoms with Crippen molar-refractivity contribution in [3.63, 3.8) is 0 Å². The van der Waals surface area contributed by atoms with E-state index in [9.17, 15) is 4.79 Å². The monoisotopic (exact) mass is 400 g/mol. The normalized spacial score (nSPS) is 15.4. The summed E-state index contributed by atoms with van der Waals surface area (Å²) >= 11 is 0. The molecule has 3 aromatic rings. The second-order valence-corrected chi connectivity index (χ2v) is 7.74. The molecule has 5 heteroatoms. The van der Waals surface area contributed by atoms with Gasteiger partial charge in [-0.1, -0.05) is 48.5 Å². The summed E-state index contributed by atoms with van der Waals surface area (Å²) in [5, 5.41) is 3.24. The molecule has 2 heterocycles. The van der Waals surface area contributed by atoms with Gasteiger partial charge in [-0.25, -0.2) is 0 Å². The molecule has 0 spiro atoms. The number of benzene rings is 3. The number of para-hydroxylation sites is 2. The Balaban J connectivity index is 1.34. The van der Waals surface area contributed by atoms with Crippen LogP contribution in [-0.2, 0) is 17.8 Å². The second-order valence-electron chi connectivity index (χ2n) is 7.74. The molecule has 0 aromatic heterocycles. The van der Waals surface area contributed by atoms with Gasteiger partial charge < -0.3 is 14.8 Å². The van der Waals surface area contributed by atoms with Gasteiger partial charge in [0, 0.05) is 29.8 Å². The fourth-order valence-corrected chi connectivity index (χ4v) is 4.41. The number of nitrogens with zero attached hydrogens (tertiary/aromatic N) is 1. The summed E-state index contributed by atoms with van der Waals surface area (Å²) in [6.07, 6.45) is 0.919. The molecule has 0 bridgehead atoms. The molecule has 0 fully saturated rings. The van der Waals surface area contributed by atoms with Gasteiger partial charge in [-0.05, 0) is 30.2 Å². The Morgan fingerprint density at radius 2 is 1.73 bits per heavy atom. The Labute approximate surface area is 176 Å². The van der Waals surface area contributed by atoms with Crippen molar-refractivity contribution in [3.05, 3.63) is 89.0 Å². The highest BCUT2D eigenvalue weighted by Crippen LogP contribution is 2.42. The summed E-state index contributed by atoms with van der Waals surface area (Å²) in [6, 6.07) is 21.7. The number of nitrogens with one attached hydrogen (secondary N) is 1. The highest BCUT2D eigenvalue weighted by atomic mass is 16.5. The molecule has 0 atom stereocenters. The van der Waals surface area contributed by atoms with E-state index in [1.807, 2.05) is 60.7 Å². The van der Waals surface area contributed by atoms with Crippen molar-refractivity contribution in [2.45, 2.75) is 19.0 Å². The summed E-state index contributed by atoms with van der Waals surface area (Å²) in [5.74, 6) is 2.48. The average molecular weight is 400 g/mol. The van der Waals surface area contributed by atoms with Crippen LogP contribution < -0.4 is 14.8 Å². The first-order chi connectivity index (χ1) is 14.7. The predicted molar refractivity (Wildman–Crippen MR) is 115 cm³/mol. The molecule has 3 aromatic carbocycles. The van der Waals surface area contributed by atoms with Crippen molar-refractivity contribution in [1.29, 1.82) is 0 Å². The quantitative estimate of drug-likeness (QED) is 0.717.